The number of nitrogens with zero attached hydrogens (tertiary/aromatic N) is 2. The van der Waals surface area contributed by atoms with Crippen molar-refractivity contribution in [3.05, 3.63) is 46.7 Å². The fraction of sp³-hybridized carbons (Fsp3) is 0.154. The molecule has 2 N–H and O–H groups in total. The van der Waals surface area contributed by atoms with E-state index in [0.717, 1.165) is 0 Å². The highest BCUT2D eigenvalue weighted by Crippen LogP contribution is 2.13. The predicted octanol–water partition coefficient (Wildman–Crippen LogP) is 2.18. The Morgan fingerprint density at radius 2 is 2.00 bits per heavy atom. The monoisotopic (exact) mass is 293 g/mol. The highest BCUT2D eigenvalue weighted by atomic mass is 35.5. The van der Waals surface area contributed by atoms with Crippen LogP contribution in [0.4, 0.5) is 5.69 Å². The summed E-state index contributed by atoms with van der Waals surface area (Å²) in [6, 6.07) is 6.69. The highest BCUT2D eigenvalue weighted by molar-refractivity contribution is 6.30. The smallest absolute Gasteiger partial charge is 0.339 e. The third-order valence-electron chi connectivity index (χ3n) is 2.75. The summed E-state index contributed by atoms with van der Waals surface area (Å²) in [5, 5.41) is 16.1. The third kappa shape index (κ3) is 3.16. The lowest BCUT2D eigenvalue weighted by atomic mass is 10.3. The first-order valence-electron chi connectivity index (χ1n) is 5.78. The molecule has 0 fully saturated rings. The Balaban J connectivity index is 2.05. The summed E-state index contributed by atoms with van der Waals surface area (Å²) in [4.78, 5) is 22.7. The maximum Gasteiger partial charge on any atom is 0.339 e. The lowest BCUT2D eigenvalue weighted by Gasteiger charge is -2.07. The van der Waals surface area contributed by atoms with E-state index in [1.807, 2.05) is 0 Å². The summed E-state index contributed by atoms with van der Waals surface area (Å²) in [5.41, 5.74) is 1.13. The Hall–Kier alpha value is -2.34. The highest BCUT2D eigenvalue weighted by Gasteiger charge is 2.14. The zero-order valence-corrected chi connectivity index (χ0v) is 11.4. The molecular formula is C13H12ClN3O3. The number of hydrogen-bond acceptors (Lipinski definition) is 3. The molecule has 0 spiro atoms. The summed E-state index contributed by atoms with van der Waals surface area (Å²) < 4.78 is 1.34. The predicted molar refractivity (Wildman–Crippen MR) is 74.0 cm³/mol. The minimum atomic E-state index is -1.06. The number of benzene rings is 1. The van der Waals surface area contributed by atoms with Crippen LogP contribution >= 0.6 is 11.6 Å². The molecule has 20 heavy (non-hydrogen) atoms. The van der Waals surface area contributed by atoms with E-state index in [1.54, 1.807) is 31.2 Å². The summed E-state index contributed by atoms with van der Waals surface area (Å²) in [7, 11) is 0. The van der Waals surface area contributed by atoms with Crippen molar-refractivity contribution in [2.75, 3.05) is 5.32 Å². The van der Waals surface area contributed by atoms with E-state index in [0.29, 0.717) is 16.4 Å². The number of carbonyl (C=O) groups is 2. The van der Waals surface area contributed by atoms with E-state index >= 15 is 0 Å². The molecule has 0 atom stereocenters. The number of rotatable bonds is 4. The van der Waals surface area contributed by atoms with Gasteiger partial charge in [-0.2, -0.15) is 5.10 Å². The van der Waals surface area contributed by atoms with E-state index in [-0.39, 0.29) is 18.0 Å². The molecule has 1 amide bonds. The van der Waals surface area contributed by atoms with Crippen molar-refractivity contribution in [2.24, 2.45) is 0 Å². The van der Waals surface area contributed by atoms with Gasteiger partial charge in [-0.3, -0.25) is 9.48 Å². The van der Waals surface area contributed by atoms with Gasteiger partial charge >= 0.3 is 5.97 Å². The molecule has 1 heterocycles. The molecule has 0 aliphatic heterocycles. The van der Waals surface area contributed by atoms with Gasteiger partial charge in [0.15, 0.2) is 0 Å². The number of carboxylic acids is 1. The minimum Gasteiger partial charge on any atom is -0.478 e. The molecule has 7 heteroatoms. The van der Waals surface area contributed by atoms with Gasteiger partial charge < -0.3 is 10.4 Å². The Morgan fingerprint density at radius 3 is 2.55 bits per heavy atom. The van der Waals surface area contributed by atoms with Crippen molar-refractivity contribution in [2.45, 2.75) is 13.5 Å². The number of carboxylic acid groups (broad SMARTS) is 1. The van der Waals surface area contributed by atoms with Crippen LogP contribution in [-0.2, 0) is 11.3 Å². The van der Waals surface area contributed by atoms with Crippen molar-refractivity contribution < 1.29 is 14.7 Å². The van der Waals surface area contributed by atoms with Crippen LogP contribution in [0.3, 0.4) is 0 Å². The topological polar surface area (TPSA) is 84.2 Å². The molecule has 0 unspecified atom stereocenters. The van der Waals surface area contributed by atoms with Gasteiger partial charge in [0.1, 0.15) is 12.1 Å². The minimum absolute atomic E-state index is 0.0538. The molecular weight excluding hydrogens is 282 g/mol. The summed E-state index contributed by atoms with van der Waals surface area (Å²) in [6.07, 6.45) is 1.23. The molecule has 0 aliphatic rings. The molecule has 0 saturated heterocycles. The van der Waals surface area contributed by atoms with E-state index in [9.17, 15) is 9.59 Å². The molecule has 2 aromatic rings. The van der Waals surface area contributed by atoms with Gasteiger partial charge in [0.2, 0.25) is 5.91 Å². The van der Waals surface area contributed by atoms with E-state index in [1.165, 1.54) is 10.9 Å². The Morgan fingerprint density at radius 1 is 1.35 bits per heavy atom. The van der Waals surface area contributed by atoms with Crippen molar-refractivity contribution in [1.82, 2.24) is 9.78 Å². The first kappa shape index (κ1) is 14.1. The van der Waals surface area contributed by atoms with Crippen LogP contribution in [-0.4, -0.2) is 26.8 Å². The number of aromatic carboxylic acids is 1. The number of nitrogens with one attached hydrogen (secondary N) is 1. The van der Waals surface area contributed by atoms with Crippen LogP contribution in [0.2, 0.25) is 5.02 Å². The van der Waals surface area contributed by atoms with Gasteiger partial charge in [0.25, 0.3) is 0 Å². The van der Waals surface area contributed by atoms with E-state index in [4.69, 9.17) is 16.7 Å². The second-order valence-electron chi connectivity index (χ2n) is 4.16. The Labute approximate surface area is 120 Å². The summed E-state index contributed by atoms with van der Waals surface area (Å²) in [5.74, 6) is -1.36. The zero-order chi connectivity index (χ0) is 14.7. The van der Waals surface area contributed by atoms with Crippen LogP contribution in [0, 0.1) is 6.92 Å². The lowest BCUT2D eigenvalue weighted by molar-refractivity contribution is -0.116. The largest absolute Gasteiger partial charge is 0.478 e. The van der Waals surface area contributed by atoms with Gasteiger partial charge in [0.05, 0.1) is 11.9 Å². The average molecular weight is 294 g/mol. The summed E-state index contributed by atoms with van der Waals surface area (Å²) >= 11 is 5.75. The van der Waals surface area contributed by atoms with Crippen molar-refractivity contribution in [3.63, 3.8) is 0 Å². The van der Waals surface area contributed by atoms with Gasteiger partial charge in [-0.1, -0.05) is 11.6 Å². The molecule has 1 aromatic heterocycles. The van der Waals surface area contributed by atoms with Crippen LogP contribution in [0.25, 0.3) is 0 Å². The normalized spacial score (nSPS) is 10.3. The standard InChI is InChI=1S/C13H12ClN3O3/c1-8-11(13(19)20)6-15-17(8)7-12(18)16-10-4-2-9(14)3-5-10/h2-6H,7H2,1H3,(H,16,18)(H,19,20). The lowest BCUT2D eigenvalue weighted by Crippen LogP contribution is -2.20. The quantitative estimate of drug-likeness (QED) is 0.905. The van der Waals surface area contributed by atoms with Crippen LogP contribution in [0.15, 0.2) is 30.5 Å². The zero-order valence-electron chi connectivity index (χ0n) is 10.6. The Bertz CT molecular complexity index is 649. The molecule has 0 aliphatic carbocycles. The van der Waals surface area contributed by atoms with Crippen molar-refractivity contribution in [1.29, 1.82) is 0 Å². The van der Waals surface area contributed by atoms with Crippen LogP contribution < -0.4 is 5.32 Å². The molecule has 2 rings (SSSR count). The SMILES string of the molecule is Cc1c(C(=O)O)cnn1CC(=O)Nc1ccc(Cl)cc1. The van der Waals surface area contributed by atoms with E-state index in [2.05, 4.69) is 10.4 Å². The average Bonchev–Trinajstić information content (AvgIpc) is 2.74. The molecule has 0 saturated carbocycles. The maximum absolute atomic E-state index is 11.8. The van der Waals surface area contributed by atoms with Gasteiger partial charge in [0, 0.05) is 10.7 Å². The van der Waals surface area contributed by atoms with Gasteiger partial charge in [-0.05, 0) is 31.2 Å². The van der Waals surface area contributed by atoms with Crippen molar-refractivity contribution >= 4 is 29.2 Å². The maximum atomic E-state index is 11.8. The number of hydrogen-bond donors (Lipinski definition) is 2. The third-order valence-corrected chi connectivity index (χ3v) is 3.01. The number of anilines is 1. The number of aromatic nitrogens is 2. The molecule has 1 aromatic carbocycles. The summed E-state index contributed by atoms with van der Waals surface area (Å²) in [6.45, 7) is 1.55. The first-order valence-corrected chi connectivity index (χ1v) is 6.16. The van der Waals surface area contributed by atoms with Gasteiger partial charge in [-0.25, -0.2) is 4.79 Å². The number of carbonyl (C=O) groups excluding carboxylic acids is 1. The molecule has 0 radical (unpaired) electrons. The first-order chi connectivity index (χ1) is 9.47. The fourth-order valence-corrected chi connectivity index (χ4v) is 1.81. The number of halogens is 1. The second kappa shape index (κ2) is 5.75. The van der Waals surface area contributed by atoms with Crippen LogP contribution in [0.1, 0.15) is 16.1 Å². The number of amides is 1. The Kier molecular flexibility index (Phi) is 4.05. The van der Waals surface area contributed by atoms with Crippen LogP contribution in [0.5, 0.6) is 0 Å². The van der Waals surface area contributed by atoms with E-state index < -0.39 is 5.97 Å². The molecule has 104 valence electrons. The van der Waals surface area contributed by atoms with Gasteiger partial charge in [-0.15, -0.1) is 0 Å². The molecule has 0 bridgehead atoms. The van der Waals surface area contributed by atoms with Crippen molar-refractivity contribution in [3.8, 4) is 0 Å². The second-order valence-corrected chi connectivity index (χ2v) is 4.60. The molecule has 6 nitrogen and oxygen atoms in total. The fourth-order valence-electron chi connectivity index (χ4n) is 1.69.